The molecule has 0 amide bonds. The van der Waals surface area contributed by atoms with E-state index >= 15 is 0 Å². The van der Waals surface area contributed by atoms with Crippen LogP contribution in [0.5, 0.6) is 0 Å². The van der Waals surface area contributed by atoms with Crippen molar-refractivity contribution >= 4 is 5.95 Å². The number of anilines is 1. The zero-order valence-corrected chi connectivity index (χ0v) is 11.6. The Morgan fingerprint density at radius 2 is 1.62 bits per heavy atom. The molecule has 1 fully saturated rings. The average Bonchev–Trinajstić information content (AvgIpc) is 2.47. The molecule has 21 heavy (non-hydrogen) atoms. The summed E-state index contributed by atoms with van der Waals surface area (Å²) >= 11 is 0. The lowest BCUT2D eigenvalue weighted by Crippen LogP contribution is -2.45. The van der Waals surface area contributed by atoms with E-state index in [1.807, 2.05) is 4.90 Å². The highest BCUT2D eigenvalue weighted by atomic mass is 19.1. The molecule has 0 aliphatic carbocycles. The minimum Gasteiger partial charge on any atom is -0.338 e. The van der Waals surface area contributed by atoms with E-state index in [9.17, 15) is 8.78 Å². The Labute approximate surface area is 121 Å². The summed E-state index contributed by atoms with van der Waals surface area (Å²) in [6, 6.07) is 3.25. The molecule has 0 atom stereocenters. The minimum absolute atomic E-state index is 0.275. The fourth-order valence-corrected chi connectivity index (χ4v) is 2.27. The molecule has 1 aromatic carbocycles. The summed E-state index contributed by atoms with van der Waals surface area (Å²) in [5.41, 5.74) is 0.310. The summed E-state index contributed by atoms with van der Waals surface area (Å²) < 4.78 is 26.6. The first-order chi connectivity index (χ1) is 10.1. The van der Waals surface area contributed by atoms with Crippen LogP contribution in [0.15, 0.2) is 24.5 Å². The smallest absolute Gasteiger partial charge is 0.228 e. The molecule has 0 spiro atoms. The van der Waals surface area contributed by atoms with Crippen LogP contribution in [0.2, 0.25) is 0 Å². The van der Waals surface area contributed by atoms with Gasteiger partial charge in [-0.3, -0.25) is 0 Å². The maximum atomic E-state index is 13.3. The second-order valence-electron chi connectivity index (χ2n) is 5.06. The Morgan fingerprint density at radius 3 is 2.29 bits per heavy atom. The SMILES string of the molecule is CN1CCN(c2ncnc(-c3cc(F)cc(F)c3)n2)CC1. The van der Waals surface area contributed by atoms with Crippen LogP contribution in [0.4, 0.5) is 14.7 Å². The topological polar surface area (TPSA) is 45.2 Å². The van der Waals surface area contributed by atoms with Gasteiger partial charge in [-0.2, -0.15) is 4.98 Å². The van der Waals surface area contributed by atoms with Gasteiger partial charge in [-0.15, -0.1) is 0 Å². The van der Waals surface area contributed by atoms with E-state index in [2.05, 4.69) is 26.9 Å². The van der Waals surface area contributed by atoms with Crippen LogP contribution in [0.1, 0.15) is 0 Å². The summed E-state index contributed by atoms with van der Waals surface area (Å²) in [6.45, 7) is 3.49. The number of likely N-dealkylation sites (N-methyl/N-ethyl adjacent to an activating group) is 1. The quantitative estimate of drug-likeness (QED) is 0.840. The van der Waals surface area contributed by atoms with Crippen molar-refractivity contribution in [2.75, 3.05) is 38.1 Å². The zero-order chi connectivity index (χ0) is 14.8. The first-order valence-corrected chi connectivity index (χ1v) is 6.71. The van der Waals surface area contributed by atoms with Crippen molar-refractivity contribution in [1.82, 2.24) is 19.9 Å². The van der Waals surface area contributed by atoms with Crippen LogP contribution in [0.25, 0.3) is 11.4 Å². The first-order valence-electron chi connectivity index (χ1n) is 6.71. The number of rotatable bonds is 2. The molecular weight excluding hydrogens is 276 g/mol. The molecule has 0 saturated carbocycles. The van der Waals surface area contributed by atoms with Crippen molar-refractivity contribution in [2.45, 2.75) is 0 Å². The number of halogens is 2. The third-order valence-corrected chi connectivity index (χ3v) is 3.47. The van der Waals surface area contributed by atoms with Gasteiger partial charge in [0.25, 0.3) is 0 Å². The molecule has 110 valence electrons. The van der Waals surface area contributed by atoms with Crippen molar-refractivity contribution in [3.8, 4) is 11.4 Å². The fraction of sp³-hybridized carbons (Fsp3) is 0.357. The number of benzene rings is 1. The molecule has 0 bridgehead atoms. The summed E-state index contributed by atoms with van der Waals surface area (Å²) in [6.07, 6.45) is 1.37. The van der Waals surface area contributed by atoms with Crippen molar-refractivity contribution in [1.29, 1.82) is 0 Å². The number of piperazine rings is 1. The molecule has 1 aromatic heterocycles. The second-order valence-corrected chi connectivity index (χ2v) is 5.06. The van der Waals surface area contributed by atoms with Gasteiger partial charge in [0.05, 0.1) is 0 Å². The van der Waals surface area contributed by atoms with Gasteiger partial charge < -0.3 is 9.80 Å². The molecule has 5 nitrogen and oxygen atoms in total. The Bertz CT molecular complexity index is 621. The Balaban J connectivity index is 1.89. The van der Waals surface area contributed by atoms with Crippen LogP contribution >= 0.6 is 0 Å². The third kappa shape index (κ3) is 3.13. The number of aromatic nitrogens is 3. The van der Waals surface area contributed by atoms with Crippen LogP contribution in [-0.2, 0) is 0 Å². The minimum atomic E-state index is -0.647. The fourth-order valence-electron chi connectivity index (χ4n) is 2.27. The van der Waals surface area contributed by atoms with Crippen molar-refractivity contribution < 1.29 is 8.78 Å². The highest BCUT2D eigenvalue weighted by Crippen LogP contribution is 2.19. The van der Waals surface area contributed by atoms with E-state index in [0.29, 0.717) is 11.5 Å². The summed E-state index contributed by atoms with van der Waals surface area (Å²) in [7, 11) is 2.06. The first kappa shape index (κ1) is 13.8. The highest BCUT2D eigenvalue weighted by Gasteiger charge is 2.17. The van der Waals surface area contributed by atoms with E-state index in [4.69, 9.17) is 0 Å². The highest BCUT2D eigenvalue weighted by molar-refractivity contribution is 5.56. The van der Waals surface area contributed by atoms with Crippen molar-refractivity contribution in [2.24, 2.45) is 0 Å². The van der Waals surface area contributed by atoms with E-state index in [0.717, 1.165) is 32.2 Å². The lowest BCUT2D eigenvalue weighted by molar-refractivity contribution is 0.311. The Morgan fingerprint density at radius 1 is 0.952 bits per heavy atom. The molecule has 2 aromatic rings. The predicted octanol–water partition coefficient (Wildman–Crippen LogP) is 1.57. The molecule has 0 unspecified atom stereocenters. The van der Waals surface area contributed by atoms with Gasteiger partial charge in [0, 0.05) is 37.8 Å². The number of hydrogen-bond acceptors (Lipinski definition) is 5. The normalized spacial score (nSPS) is 16.2. The maximum absolute atomic E-state index is 13.3. The van der Waals surface area contributed by atoms with Crippen LogP contribution in [0.3, 0.4) is 0 Å². The van der Waals surface area contributed by atoms with Crippen LogP contribution < -0.4 is 4.90 Å². The molecule has 1 aliphatic heterocycles. The van der Waals surface area contributed by atoms with Gasteiger partial charge in [-0.05, 0) is 19.2 Å². The standard InChI is InChI=1S/C14H15F2N5/c1-20-2-4-21(5-3-20)14-18-9-17-13(19-14)10-6-11(15)8-12(16)7-10/h6-9H,2-5H2,1H3. The lowest BCUT2D eigenvalue weighted by atomic mass is 10.2. The van der Waals surface area contributed by atoms with E-state index in [-0.39, 0.29) is 5.82 Å². The predicted molar refractivity (Wildman–Crippen MR) is 74.9 cm³/mol. The molecular formula is C14H15F2N5. The molecule has 3 rings (SSSR count). The average molecular weight is 291 g/mol. The Hall–Kier alpha value is -2.15. The van der Waals surface area contributed by atoms with Gasteiger partial charge in [0.15, 0.2) is 5.82 Å². The van der Waals surface area contributed by atoms with Crippen molar-refractivity contribution in [3.63, 3.8) is 0 Å². The summed E-state index contributed by atoms with van der Waals surface area (Å²) in [5.74, 6) is -0.479. The van der Waals surface area contributed by atoms with E-state index in [1.165, 1.54) is 18.5 Å². The maximum Gasteiger partial charge on any atom is 0.228 e. The van der Waals surface area contributed by atoms with E-state index < -0.39 is 11.6 Å². The van der Waals surface area contributed by atoms with E-state index in [1.54, 1.807) is 0 Å². The Kier molecular flexibility index (Phi) is 3.74. The molecule has 1 aliphatic rings. The van der Waals surface area contributed by atoms with Gasteiger partial charge >= 0.3 is 0 Å². The zero-order valence-electron chi connectivity index (χ0n) is 11.6. The van der Waals surface area contributed by atoms with Gasteiger partial charge in [-0.1, -0.05) is 0 Å². The van der Waals surface area contributed by atoms with Gasteiger partial charge in [0.1, 0.15) is 18.0 Å². The monoisotopic (exact) mass is 291 g/mol. The molecule has 2 heterocycles. The lowest BCUT2D eigenvalue weighted by Gasteiger charge is -2.32. The van der Waals surface area contributed by atoms with Crippen LogP contribution in [0, 0.1) is 11.6 Å². The summed E-state index contributed by atoms with van der Waals surface area (Å²) in [5, 5.41) is 0. The number of hydrogen-bond donors (Lipinski definition) is 0. The summed E-state index contributed by atoms with van der Waals surface area (Å²) in [4.78, 5) is 16.8. The van der Waals surface area contributed by atoms with Gasteiger partial charge in [-0.25, -0.2) is 18.7 Å². The largest absolute Gasteiger partial charge is 0.338 e. The van der Waals surface area contributed by atoms with Crippen molar-refractivity contribution in [3.05, 3.63) is 36.2 Å². The molecule has 0 N–H and O–H groups in total. The van der Waals surface area contributed by atoms with Gasteiger partial charge in [0.2, 0.25) is 5.95 Å². The molecule has 0 radical (unpaired) electrons. The molecule has 7 heteroatoms. The van der Waals surface area contributed by atoms with Crippen LogP contribution in [-0.4, -0.2) is 53.1 Å². The number of nitrogens with zero attached hydrogens (tertiary/aromatic N) is 5. The second kappa shape index (κ2) is 5.69. The third-order valence-electron chi connectivity index (χ3n) is 3.47. The molecule has 1 saturated heterocycles.